The van der Waals surface area contributed by atoms with E-state index in [9.17, 15) is 19.1 Å². The van der Waals surface area contributed by atoms with Crippen LogP contribution in [0, 0.1) is 5.82 Å². The number of benzene rings is 2. The predicted octanol–water partition coefficient (Wildman–Crippen LogP) is 2.08. The van der Waals surface area contributed by atoms with Crippen molar-refractivity contribution in [3.05, 3.63) is 89.3 Å². The lowest BCUT2D eigenvalue weighted by Crippen LogP contribution is -2.36. The second-order valence-electron chi connectivity index (χ2n) is 8.68. The lowest BCUT2D eigenvalue weighted by atomic mass is 9.94. The molecule has 0 bridgehead atoms. The molecule has 2 aliphatic rings. The Bertz CT molecular complexity index is 1270. The first kappa shape index (κ1) is 21.9. The summed E-state index contributed by atoms with van der Waals surface area (Å²) in [6, 6.07) is 9.80. The van der Waals surface area contributed by atoms with Gasteiger partial charge in [-0.25, -0.2) is 8.96 Å². The fourth-order valence-corrected chi connectivity index (χ4v) is 4.69. The minimum atomic E-state index is -0.868. The Kier molecular flexibility index (Phi) is 5.65. The summed E-state index contributed by atoms with van der Waals surface area (Å²) in [4.78, 5) is 30.5. The Labute approximate surface area is 196 Å². The van der Waals surface area contributed by atoms with Crippen molar-refractivity contribution in [3.63, 3.8) is 0 Å². The molecule has 3 heterocycles. The zero-order valence-corrected chi connectivity index (χ0v) is 18.7. The Hall–Kier alpha value is -3.94. The van der Waals surface area contributed by atoms with E-state index in [1.807, 2.05) is 17.7 Å². The van der Waals surface area contributed by atoms with Crippen LogP contribution in [0.25, 0.3) is 5.76 Å². The van der Waals surface area contributed by atoms with Crippen molar-refractivity contribution >= 4 is 17.4 Å². The van der Waals surface area contributed by atoms with Crippen LogP contribution in [0.5, 0.6) is 5.75 Å². The number of hydrogen-bond acceptors (Lipinski definition) is 4. The number of H-pyrrole nitrogens is 1. The van der Waals surface area contributed by atoms with Crippen LogP contribution in [0.15, 0.2) is 66.8 Å². The molecule has 2 aliphatic heterocycles. The first-order valence-electron chi connectivity index (χ1n) is 11.3. The number of fused-ring (bicyclic) bond motifs is 1. The highest BCUT2D eigenvalue weighted by molar-refractivity contribution is 6.46. The molecule has 1 saturated heterocycles. The summed E-state index contributed by atoms with van der Waals surface area (Å²) in [5.41, 5.74) is 1.66. The Morgan fingerprint density at radius 2 is 2.03 bits per heavy atom. The number of nitrogens with zero attached hydrogens (tertiary/aromatic N) is 2. The maximum atomic E-state index is 13.6. The molecule has 0 saturated carbocycles. The van der Waals surface area contributed by atoms with Gasteiger partial charge in [0.05, 0.1) is 12.6 Å². The number of hydrogen-bond donors (Lipinski definition) is 1. The van der Waals surface area contributed by atoms with Crippen LogP contribution in [0.4, 0.5) is 4.39 Å². The van der Waals surface area contributed by atoms with Crippen LogP contribution >= 0.6 is 0 Å². The van der Waals surface area contributed by atoms with Crippen LogP contribution in [-0.4, -0.2) is 34.2 Å². The fourth-order valence-electron chi connectivity index (χ4n) is 4.69. The molecule has 34 heavy (non-hydrogen) atoms. The third-order valence-corrected chi connectivity index (χ3v) is 6.29. The van der Waals surface area contributed by atoms with E-state index in [0.717, 1.165) is 11.3 Å². The highest BCUT2D eigenvalue weighted by Crippen LogP contribution is 2.40. The molecule has 0 radical (unpaired) electrons. The summed E-state index contributed by atoms with van der Waals surface area (Å²) in [5, 5.41) is 13.6. The standard InChI is InChI=1S/C26H24FN3O4/c1-16-13-19-14-18(5-8-21(19)34-16)24(31)22-23(17-3-6-20(27)7-4-17)30(26(33)25(22)32)11-2-10-29-12-9-28-15-29/h3-9,12,14-16,23H,2,10-11,13H2,1H3,(H,31,32). The van der Waals surface area contributed by atoms with Crippen LogP contribution in [0.3, 0.4) is 0 Å². The number of imidazole rings is 1. The van der Waals surface area contributed by atoms with Gasteiger partial charge in [0.15, 0.2) is 0 Å². The topological polar surface area (TPSA) is 89.3 Å². The first-order valence-corrected chi connectivity index (χ1v) is 11.3. The van der Waals surface area contributed by atoms with Gasteiger partial charge in [-0.05, 0) is 47.9 Å². The predicted molar refractivity (Wildman–Crippen MR) is 119 cm³/mol. The minimum absolute atomic E-state index is 0.0167. The SMILES string of the molecule is CC1Cc2cc(/C([O-])=C3\C(=O)C(=O)N(CCC[n+]4cc[nH]c4)C3c3ccc(F)cc3)ccc2O1. The number of aromatic amines is 1. The first-order chi connectivity index (χ1) is 16.4. The second kappa shape index (κ2) is 8.78. The van der Waals surface area contributed by atoms with Crippen molar-refractivity contribution in [3.8, 4) is 5.75 Å². The Balaban J connectivity index is 1.52. The van der Waals surface area contributed by atoms with Crippen molar-refractivity contribution in [1.82, 2.24) is 9.88 Å². The van der Waals surface area contributed by atoms with E-state index in [0.29, 0.717) is 30.5 Å². The number of likely N-dealkylation sites (tertiary alicyclic amines) is 1. The number of ether oxygens (including phenoxy) is 1. The van der Waals surface area contributed by atoms with Gasteiger partial charge in [0, 0.05) is 25.0 Å². The molecule has 1 N–H and O–H groups in total. The zero-order valence-electron chi connectivity index (χ0n) is 18.7. The zero-order chi connectivity index (χ0) is 23.8. The smallest absolute Gasteiger partial charge is 0.295 e. The minimum Gasteiger partial charge on any atom is -0.872 e. The molecule has 5 rings (SSSR count). The quantitative estimate of drug-likeness (QED) is 0.264. The van der Waals surface area contributed by atoms with Gasteiger partial charge in [-0.2, -0.15) is 0 Å². The molecule has 1 fully saturated rings. The number of ketones is 1. The lowest BCUT2D eigenvalue weighted by Gasteiger charge is -2.27. The number of nitrogens with one attached hydrogen (secondary N) is 1. The van der Waals surface area contributed by atoms with E-state index < -0.39 is 29.3 Å². The Morgan fingerprint density at radius 3 is 2.76 bits per heavy atom. The molecule has 3 aromatic rings. The van der Waals surface area contributed by atoms with Crippen LogP contribution < -0.4 is 14.4 Å². The lowest BCUT2D eigenvalue weighted by molar-refractivity contribution is -0.695. The third-order valence-electron chi connectivity index (χ3n) is 6.29. The van der Waals surface area contributed by atoms with Crippen molar-refractivity contribution in [2.45, 2.75) is 38.5 Å². The van der Waals surface area contributed by atoms with Crippen LogP contribution in [-0.2, 0) is 22.6 Å². The number of rotatable bonds is 6. The molecule has 2 unspecified atom stereocenters. The molecule has 7 nitrogen and oxygen atoms in total. The molecule has 174 valence electrons. The van der Waals surface area contributed by atoms with Crippen molar-refractivity contribution in [2.24, 2.45) is 0 Å². The van der Waals surface area contributed by atoms with Crippen LogP contribution in [0.2, 0.25) is 0 Å². The number of amides is 1. The second-order valence-corrected chi connectivity index (χ2v) is 8.68. The van der Waals surface area contributed by atoms with Crippen molar-refractivity contribution in [2.75, 3.05) is 6.54 Å². The monoisotopic (exact) mass is 461 g/mol. The largest absolute Gasteiger partial charge is 0.872 e. The molecule has 0 aliphatic carbocycles. The average Bonchev–Trinajstić information content (AvgIpc) is 3.53. The molecule has 1 aromatic heterocycles. The maximum absolute atomic E-state index is 13.6. The average molecular weight is 461 g/mol. The van der Waals surface area contributed by atoms with Gasteiger partial charge in [0.2, 0.25) is 12.1 Å². The van der Waals surface area contributed by atoms with Crippen molar-refractivity contribution < 1.29 is 28.4 Å². The molecule has 1 amide bonds. The normalized spacial score (nSPS) is 21.1. The number of carbonyl (C=O) groups is 2. The van der Waals surface area contributed by atoms with Gasteiger partial charge < -0.3 is 14.7 Å². The number of halogens is 1. The number of aromatic nitrogens is 2. The van der Waals surface area contributed by atoms with E-state index in [1.54, 1.807) is 30.7 Å². The summed E-state index contributed by atoms with van der Waals surface area (Å²) >= 11 is 0. The molecular formula is C26H24FN3O4. The summed E-state index contributed by atoms with van der Waals surface area (Å²) in [7, 11) is 0. The van der Waals surface area contributed by atoms with Gasteiger partial charge in [0.25, 0.3) is 5.91 Å². The number of carbonyl (C=O) groups excluding carboxylic acids is 2. The van der Waals surface area contributed by atoms with Gasteiger partial charge in [-0.15, -0.1) is 0 Å². The molecule has 2 atom stereocenters. The summed E-state index contributed by atoms with van der Waals surface area (Å²) in [6.07, 6.45) is 6.72. The van der Waals surface area contributed by atoms with E-state index in [-0.39, 0.29) is 18.2 Å². The molecular weight excluding hydrogens is 437 g/mol. The van der Waals surface area contributed by atoms with Crippen molar-refractivity contribution in [1.29, 1.82) is 0 Å². The molecule has 8 heteroatoms. The third kappa shape index (κ3) is 3.96. The van der Waals surface area contributed by atoms with E-state index >= 15 is 0 Å². The highest BCUT2D eigenvalue weighted by Gasteiger charge is 2.44. The highest BCUT2D eigenvalue weighted by atomic mass is 19.1. The van der Waals surface area contributed by atoms with Gasteiger partial charge in [0.1, 0.15) is 30.1 Å². The summed E-state index contributed by atoms with van der Waals surface area (Å²) in [5.74, 6) is -1.72. The fraction of sp³-hybridized carbons (Fsp3) is 0.269. The van der Waals surface area contributed by atoms with Gasteiger partial charge >= 0.3 is 0 Å². The maximum Gasteiger partial charge on any atom is 0.295 e. The van der Waals surface area contributed by atoms with E-state index in [1.165, 1.54) is 29.2 Å². The van der Waals surface area contributed by atoms with E-state index in [2.05, 4.69) is 4.98 Å². The summed E-state index contributed by atoms with van der Waals surface area (Å²) in [6.45, 7) is 2.85. The van der Waals surface area contributed by atoms with Crippen LogP contribution in [0.1, 0.15) is 36.1 Å². The van der Waals surface area contributed by atoms with Gasteiger partial charge in [-0.3, -0.25) is 14.6 Å². The number of Topliss-reactive ketones (excluding diaryl/α,β-unsaturated/α-hetero) is 1. The number of aryl methyl sites for hydroxylation is 1. The van der Waals surface area contributed by atoms with Gasteiger partial charge in [-0.1, -0.05) is 24.0 Å². The summed E-state index contributed by atoms with van der Waals surface area (Å²) < 4.78 is 21.3. The molecule has 0 spiro atoms. The van der Waals surface area contributed by atoms with E-state index in [4.69, 9.17) is 4.74 Å². The molecule has 2 aromatic carbocycles. The Morgan fingerprint density at radius 1 is 1.24 bits per heavy atom.